The number of aliphatic hydroxyl groups is 1. The number of hydrogen-bond acceptors (Lipinski definition) is 7. The zero-order valence-electron chi connectivity index (χ0n) is 16.0. The predicted octanol–water partition coefficient (Wildman–Crippen LogP) is 2.20. The molecule has 5 rings (SSSR count). The molecule has 3 fully saturated rings. The Balaban J connectivity index is 1.19. The van der Waals surface area contributed by atoms with E-state index in [9.17, 15) is 14.7 Å². The number of nitrogens with zero attached hydrogens (tertiary/aromatic N) is 4. The van der Waals surface area contributed by atoms with E-state index in [1.165, 1.54) is 16.7 Å². The van der Waals surface area contributed by atoms with Crippen LogP contribution in [0.1, 0.15) is 30.1 Å². The van der Waals surface area contributed by atoms with Gasteiger partial charge in [0.2, 0.25) is 11.8 Å². The molecule has 1 saturated carbocycles. The summed E-state index contributed by atoms with van der Waals surface area (Å²) < 4.78 is 5.23. The van der Waals surface area contributed by atoms with Crippen LogP contribution in [0.25, 0.3) is 0 Å². The third-order valence-electron chi connectivity index (χ3n) is 5.92. The maximum atomic E-state index is 12.7. The monoisotopic (exact) mass is 414 g/mol. The third kappa shape index (κ3) is 3.64. The van der Waals surface area contributed by atoms with Crippen LogP contribution >= 0.6 is 11.8 Å². The highest BCUT2D eigenvalue weighted by atomic mass is 32.2. The molecule has 4 atom stereocenters. The van der Waals surface area contributed by atoms with Gasteiger partial charge in [-0.15, -0.1) is 0 Å². The van der Waals surface area contributed by atoms with Gasteiger partial charge in [-0.05, 0) is 37.3 Å². The Labute approximate surface area is 172 Å². The van der Waals surface area contributed by atoms with E-state index in [1.54, 1.807) is 0 Å². The van der Waals surface area contributed by atoms with E-state index in [1.807, 2.05) is 36.1 Å². The maximum absolute atomic E-state index is 12.7. The van der Waals surface area contributed by atoms with Crippen molar-refractivity contribution in [3.8, 4) is 0 Å². The van der Waals surface area contributed by atoms with Crippen LogP contribution in [0.5, 0.6) is 0 Å². The lowest BCUT2D eigenvalue weighted by Gasteiger charge is -2.37. The number of carbonyl (C=O) groups excluding carboxylic acids is 2. The molecule has 2 aromatic rings. The summed E-state index contributed by atoms with van der Waals surface area (Å²) in [4.78, 5) is 33.4. The van der Waals surface area contributed by atoms with Crippen molar-refractivity contribution >= 4 is 23.7 Å². The fourth-order valence-electron chi connectivity index (χ4n) is 4.30. The van der Waals surface area contributed by atoms with Gasteiger partial charge in [0.1, 0.15) is 12.0 Å². The first kappa shape index (κ1) is 18.6. The smallest absolute Gasteiger partial charge is 0.327 e. The summed E-state index contributed by atoms with van der Waals surface area (Å²) in [7, 11) is 0. The van der Waals surface area contributed by atoms with Crippen LogP contribution in [-0.4, -0.2) is 55.0 Å². The number of imide groups is 1. The number of amides is 3. The van der Waals surface area contributed by atoms with Crippen molar-refractivity contribution < 1.29 is 19.2 Å². The van der Waals surface area contributed by atoms with Crippen LogP contribution in [0, 0.1) is 18.8 Å². The van der Waals surface area contributed by atoms with Crippen LogP contribution in [0.3, 0.4) is 0 Å². The molecule has 152 valence electrons. The fraction of sp³-hybridized carbons (Fsp3) is 0.500. The molecule has 3 amide bonds. The summed E-state index contributed by atoms with van der Waals surface area (Å²) in [6, 6.07) is 7.70. The van der Waals surface area contributed by atoms with E-state index in [0.29, 0.717) is 24.1 Å². The second kappa shape index (κ2) is 7.14. The first-order chi connectivity index (χ1) is 14.0. The zero-order chi connectivity index (χ0) is 20.1. The molecule has 1 N–H and O–H groups in total. The van der Waals surface area contributed by atoms with Crippen LogP contribution < -0.4 is 0 Å². The minimum Gasteiger partial charge on any atom is -0.382 e. The number of benzene rings is 1. The average Bonchev–Trinajstić information content (AvgIpc) is 3.17. The summed E-state index contributed by atoms with van der Waals surface area (Å²) >= 11 is 1.32. The molecule has 1 aliphatic carbocycles. The van der Waals surface area contributed by atoms with Crippen molar-refractivity contribution in [3.63, 3.8) is 0 Å². The van der Waals surface area contributed by atoms with E-state index in [2.05, 4.69) is 10.1 Å². The Kier molecular flexibility index (Phi) is 4.59. The summed E-state index contributed by atoms with van der Waals surface area (Å²) in [5.74, 6) is 1.45. The normalized spacial score (nSPS) is 26.5. The van der Waals surface area contributed by atoms with Crippen molar-refractivity contribution in [3.05, 3.63) is 41.5 Å². The fourth-order valence-corrected chi connectivity index (χ4v) is 5.14. The van der Waals surface area contributed by atoms with Gasteiger partial charge >= 0.3 is 6.03 Å². The van der Waals surface area contributed by atoms with Crippen LogP contribution in [0.15, 0.2) is 33.7 Å². The van der Waals surface area contributed by atoms with E-state index in [-0.39, 0.29) is 36.8 Å². The second-order valence-electron chi connectivity index (χ2n) is 8.04. The van der Waals surface area contributed by atoms with E-state index in [4.69, 9.17) is 4.52 Å². The first-order valence-corrected chi connectivity index (χ1v) is 10.7. The second-order valence-corrected chi connectivity index (χ2v) is 9.29. The number of aliphatic hydroxyl groups excluding tert-OH is 1. The molecule has 9 heteroatoms. The van der Waals surface area contributed by atoms with Crippen LogP contribution in [0.2, 0.25) is 0 Å². The Hall–Kier alpha value is -2.39. The van der Waals surface area contributed by atoms with Gasteiger partial charge < -0.3 is 14.5 Å². The van der Waals surface area contributed by atoms with Gasteiger partial charge in [-0.2, -0.15) is 4.98 Å². The van der Waals surface area contributed by atoms with Gasteiger partial charge in [0, 0.05) is 30.3 Å². The van der Waals surface area contributed by atoms with Crippen LogP contribution in [-0.2, 0) is 17.8 Å². The molecule has 2 saturated heterocycles. The Bertz CT molecular complexity index is 946. The largest absolute Gasteiger partial charge is 0.382 e. The molecule has 0 radical (unpaired) electrons. The van der Waals surface area contributed by atoms with Gasteiger partial charge in [-0.3, -0.25) is 9.69 Å². The Morgan fingerprint density at radius 3 is 2.90 bits per heavy atom. The average molecular weight is 414 g/mol. The highest BCUT2D eigenvalue weighted by Crippen LogP contribution is 2.52. The summed E-state index contributed by atoms with van der Waals surface area (Å²) in [5, 5.41) is 14.2. The number of fused-ring (bicyclic) bond motifs is 3. The number of carbonyl (C=O) groups is 2. The molecule has 29 heavy (non-hydrogen) atoms. The Morgan fingerprint density at radius 1 is 1.31 bits per heavy atom. The summed E-state index contributed by atoms with van der Waals surface area (Å²) in [6.45, 7) is 2.73. The van der Waals surface area contributed by atoms with Gasteiger partial charge in [0.05, 0.1) is 0 Å². The number of rotatable bonds is 6. The standard InChI is InChI=1S/C20H22N4O4S/c1-11-2-4-13(5-3-11)29-19(26)8-16-21-17(28-22-16)10-24-18(25)7-15-14-6-12(14)9-23(15)20(24)27/h2-5,12,14-15,19,26H,6-10H2,1H3/t12-,14-,15-,19-/m1/s1. The third-order valence-corrected chi connectivity index (χ3v) is 6.90. The molecule has 3 aliphatic rings. The molecule has 0 unspecified atom stereocenters. The van der Waals surface area contributed by atoms with Gasteiger partial charge in [0.15, 0.2) is 5.82 Å². The number of aryl methyl sites for hydroxylation is 1. The highest BCUT2D eigenvalue weighted by Gasteiger charge is 2.57. The van der Waals surface area contributed by atoms with Gasteiger partial charge in [-0.1, -0.05) is 34.6 Å². The van der Waals surface area contributed by atoms with E-state index in [0.717, 1.165) is 23.4 Å². The number of aromatic nitrogens is 2. The Morgan fingerprint density at radius 2 is 2.10 bits per heavy atom. The topological polar surface area (TPSA) is 99.8 Å². The minimum atomic E-state index is -0.724. The molecule has 3 heterocycles. The predicted molar refractivity (Wildman–Crippen MR) is 104 cm³/mol. The zero-order valence-corrected chi connectivity index (χ0v) is 16.8. The quantitative estimate of drug-likeness (QED) is 0.571. The molecule has 2 aliphatic heterocycles. The maximum Gasteiger partial charge on any atom is 0.327 e. The van der Waals surface area contributed by atoms with Crippen molar-refractivity contribution in [1.29, 1.82) is 0 Å². The van der Waals surface area contributed by atoms with Gasteiger partial charge in [0.25, 0.3) is 0 Å². The van der Waals surface area contributed by atoms with Crippen molar-refractivity contribution in [2.75, 3.05) is 6.54 Å². The van der Waals surface area contributed by atoms with Crippen LogP contribution in [0.4, 0.5) is 4.79 Å². The molecule has 1 aromatic carbocycles. The van der Waals surface area contributed by atoms with Crippen molar-refractivity contribution in [2.45, 2.75) is 49.1 Å². The number of piperidine rings is 1. The molecular formula is C20H22N4O4S. The molecular weight excluding hydrogens is 392 g/mol. The highest BCUT2D eigenvalue weighted by molar-refractivity contribution is 7.99. The van der Waals surface area contributed by atoms with Gasteiger partial charge in [-0.25, -0.2) is 4.79 Å². The first-order valence-electron chi connectivity index (χ1n) is 9.82. The van der Waals surface area contributed by atoms with Crippen molar-refractivity contribution in [1.82, 2.24) is 19.9 Å². The molecule has 0 bridgehead atoms. The minimum absolute atomic E-state index is 0.0234. The lowest BCUT2D eigenvalue weighted by molar-refractivity contribution is -0.133. The number of hydrogen-bond donors (Lipinski definition) is 1. The molecule has 1 aromatic heterocycles. The lowest BCUT2D eigenvalue weighted by Crippen LogP contribution is -2.55. The van der Waals surface area contributed by atoms with E-state index >= 15 is 0 Å². The SMILES string of the molecule is Cc1ccc(S[C@@H](O)Cc2noc(CN3C(=O)C[C@@H]4[C@@H]5C[C@@H]5CN4C3=O)n2)cc1. The lowest BCUT2D eigenvalue weighted by atomic mass is 10.1. The van der Waals surface area contributed by atoms with Crippen molar-refractivity contribution in [2.24, 2.45) is 11.8 Å². The summed E-state index contributed by atoms with van der Waals surface area (Å²) in [6.07, 6.45) is 1.72. The molecule has 8 nitrogen and oxygen atoms in total. The summed E-state index contributed by atoms with van der Waals surface area (Å²) in [5.41, 5.74) is 0.434. The number of urea groups is 1. The molecule has 0 spiro atoms. The van der Waals surface area contributed by atoms with E-state index < -0.39 is 5.44 Å². The number of thioether (sulfide) groups is 1.